The molecule has 0 saturated carbocycles. The predicted octanol–water partition coefficient (Wildman–Crippen LogP) is 3.27. The minimum atomic E-state index is -0.472. The fourth-order valence-electron chi connectivity index (χ4n) is 1.84. The second kappa shape index (κ2) is 6.74. The van der Waals surface area contributed by atoms with Gasteiger partial charge in [0.25, 0.3) is 0 Å². The van der Waals surface area contributed by atoms with E-state index in [0.717, 1.165) is 5.69 Å². The van der Waals surface area contributed by atoms with Gasteiger partial charge in [0.1, 0.15) is 6.04 Å². The zero-order valence-electron chi connectivity index (χ0n) is 11.9. The molecule has 2 N–H and O–H groups in total. The number of para-hydroxylation sites is 1. The number of amides is 1. The van der Waals surface area contributed by atoms with Crippen LogP contribution in [0.3, 0.4) is 0 Å². The monoisotopic (exact) mass is 288 g/mol. The van der Waals surface area contributed by atoms with Crippen molar-refractivity contribution < 1.29 is 13.9 Å². The summed E-state index contributed by atoms with van der Waals surface area (Å²) in [5.41, 5.74) is 1.34. The van der Waals surface area contributed by atoms with Crippen LogP contribution in [0.15, 0.2) is 48.5 Å². The Morgan fingerprint density at radius 3 is 2.52 bits per heavy atom. The van der Waals surface area contributed by atoms with Crippen molar-refractivity contribution in [1.29, 1.82) is 0 Å². The van der Waals surface area contributed by atoms with Crippen molar-refractivity contribution in [2.45, 2.75) is 13.0 Å². The van der Waals surface area contributed by atoms with Crippen LogP contribution in [0, 0.1) is 5.82 Å². The van der Waals surface area contributed by atoms with Gasteiger partial charge in [0.2, 0.25) is 5.91 Å². The van der Waals surface area contributed by atoms with Gasteiger partial charge in [-0.15, -0.1) is 0 Å². The lowest BCUT2D eigenvalue weighted by molar-refractivity contribution is -0.116. The highest BCUT2D eigenvalue weighted by Crippen LogP contribution is 2.22. The molecule has 0 aliphatic rings. The Balaban J connectivity index is 2.00. The highest BCUT2D eigenvalue weighted by Gasteiger charge is 2.13. The number of anilines is 2. The molecule has 0 aliphatic carbocycles. The first-order valence-corrected chi connectivity index (χ1v) is 6.56. The number of carbonyl (C=O) groups excluding carboxylic acids is 1. The van der Waals surface area contributed by atoms with Gasteiger partial charge in [-0.2, -0.15) is 0 Å². The molecular formula is C16H17FN2O2. The van der Waals surface area contributed by atoms with E-state index in [-0.39, 0.29) is 11.7 Å². The van der Waals surface area contributed by atoms with Crippen molar-refractivity contribution in [3.8, 4) is 5.75 Å². The molecule has 0 radical (unpaired) electrons. The van der Waals surface area contributed by atoms with Crippen molar-refractivity contribution >= 4 is 17.3 Å². The number of halogens is 1. The molecule has 4 nitrogen and oxygen atoms in total. The molecule has 0 heterocycles. The molecule has 0 aromatic heterocycles. The lowest BCUT2D eigenvalue weighted by atomic mass is 10.2. The van der Waals surface area contributed by atoms with Crippen molar-refractivity contribution in [2.24, 2.45) is 0 Å². The molecule has 2 aromatic carbocycles. The van der Waals surface area contributed by atoms with Gasteiger partial charge in [0, 0.05) is 17.4 Å². The zero-order valence-corrected chi connectivity index (χ0v) is 11.9. The van der Waals surface area contributed by atoms with Gasteiger partial charge in [0.15, 0.2) is 11.6 Å². The molecule has 1 atom stereocenters. The molecule has 2 aromatic rings. The van der Waals surface area contributed by atoms with E-state index in [1.165, 1.54) is 19.2 Å². The molecule has 0 bridgehead atoms. The Labute approximate surface area is 122 Å². The Hall–Kier alpha value is -2.56. The number of carbonyl (C=O) groups is 1. The third-order valence-electron chi connectivity index (χ3n) is 2.97. The summed E-state index contributed by atoms with van der Waals surface area (Å²) < 4.78 is 18.2. The second-order valence-corrected chi connectivity index (χ2v) is 4.57. The maximum absolute atomic E-state index is 13.3. The maximum Gasteiger partial charge on any atom is 0.246 e. The van der Waals surface area contributed by atoms with Gasteiger partial charge in [0.05, 0.1) is 7.11 Å². The first-order valence-electron chi connectivity index (χ1n) is 6.56. The van der Waals surface area contributed by atoms with E-state index in [1.54, 1.807) is 13.0 Å². The SMILES string of the molecule is COc1cc(NC(C)C(=O)Nc2ccccc2)ccc1F. The Morgan fingerprint density at radius 1 is 1.14 bits per heavy atom. The average Bonchev–Trinajstić information content (AvgIpc) is 2.50. The van der Waals surface area contributed by atoms with Gasteiger partial charge in [-0.1, -0.05) is 18.2 Å². The summed E-state index contributed by atoms with van der Waals surface area (Å²) in [6.07, 6.45) is 0. The number of nitrogens with one attached hydrogen (secondary N) is 2. The molecule has 21 heavy (non-hydrogen) atoms. The maximum atomic E-state index is 13.3. The van der Waals surface area contributed by atoms with Crippen molar-refractivity contribution in [3.63, 3.8) is 0 Å². The minimum absolute atomic E-state index is 0.135. The van der Waals surface area contributed by atoms with Crippen LogP contribution in [-0.4, -0.2) is 19.1 Å². The number of rotatable bonds is 5. The Kier molecular flexibility index (Phi) is 4.77. The van der Waals surface area contributed by atoms with Crippen LogP contribution in [0.2, 0.25) is 0 Å². The summed E-state index contributed by atoms with van der Waals surface area (Å²) >= 11 is 0. The topological polar surface area (TPSA) is 50.4 Å². The smallest absolute Gasteiger partial charge is 0.246 e. The normalized spacial score (nSPS) is 11.6. The zero-order chi connectivity index (χ0) is 15.2. The predicted molar refractivity (Wildman–Crippen MR) is 81.1 cm³/mol. The molecule has 5 heteroatoms. The van der Waals surface area contributed by atoms with E-state index in [2.05, 4.69) is 10.6 Å². The summed E-state index contributed by atoms with van der Waals surface area (Å²) in [5, 5.41) is 5.80. The molecule has 110 valence electrons. The van der Waals surface area contributed by atoms with Gasteiger partial charge < -0.3 is 15.4 Å². The number of hydrogen-bond acceptors (Lipinski definition) is 3. The van der Waals surface area contributed by atoms with Crippen LogP contribution in [0.4, 0.5) is 15.8 Å². The van der Waals surface area contributed by atoms with Crippen LogP contribution in [0.25, 0.3) is 0 Å². The largest absolute Gasteiger partial charge is 0.494 e. The van der Waals surface area contributed by atoms with E-state index in [9.17, 15) is 9.18 Å². The minimum Gasteiger partial charge on any atom is -0.494 e. The Bertz CT molecular complexity index is 617. The molecule has 0 spiro atoms. The van der Waals surface area contributed by atoms with Crippen LogP contribution in [-0.2, 0) is 4.79 Å². The summed E-state index contributed by atoms with van der Waals surface area (Å²) in [7, 11) is 1.40. The summed E-state index contributed by atoms with van der Waals surface area (Å²) in [6, 6.07) is 13.1. The number of methoxy groups -OCH3 is 1. The van der Waals surface area contributed by atoms with Crippen LogP contribution >= 0.6 is 0 Å². The van der Waals surface area contributed by atoms with Crippen molar-refractivity contribution in [3.05, 3.63) is 54.3 Å². The summed E-state index contributed by atoms with van der Waals surface area (Å²) in [5.74, 6) is -0.482. The van der Waals surface area contributed by atoms with Gasteiger partial charge in [-0.3, -0.25) is 4.79 Å². The molecule has 1 unspecified atom stereocenters. The number of benzene rings is 2. The van der Waals surface area contributed by atoms with E-state index < -0.39 is 11.9 Å². The van der Waals surface area contributed by atoms with Crippen LogP contribution in [0.1, 0.15) is 6.92 Å². The van der Waals surface area contributed by atoms with Crippen molar-refractivity contribution in [2.75, 3.05) is 17.7 Å². The molecule has 1 amide bonds. The average molecular weight is 288 g/mol. The first-order chi connectivity index (χ1) is 10.1. The standard InChI is InChI=1S/C16H17FN2O2/c1-11(16(20)19-12-6-4-3-5-7-12)18-13-8-9-14(17)15(10-13)21-2/h3-11,18H,1-2H3,(H,19,20). The van der Waals surface area contributed by atoms with Gasteiger partial charge in [-0.05, 0) is 31.2 Å². The van der Waals surface area contributed by atoms with E-state index in [1.807, 2.05) is 30.3 Å². The highest BCUT2D eigenvalue weighted by molar-refractivity contribution is 5.96. The third kappa shape index (κ3) is 3.95. The molecular weight excluding hydrogens is 271 g/mol. The van der Waals surface area contributed by atoms with E-state index in [4.69, 9.17) is 4.74 Å². The summed E-state index contributed by atoms with van der Waals surface area (Å²) in [4.78, 5) is 12.1. The van der Waals surface area contributed by atoms with Gasteiger partial charge in [-0.25, -0.2) is 4.39 Å². The Morgan fingerprint density at radius 2 is 1.86 bits per heavy atom. The molecule has 2 rings (SSSR count). The van der Waals surface area contributed by atoms with Gasteiger partial charge >= 0.3 is 0 Å². The fraction of sp³-hybridized carbons (Fsp3) is 0.188. The lowest BCUT2D eigenvalue weighted by Crippen LogP contribution is -2.31. The number of hydrogen-bond donors (Lipinski definition) is 2. The van der Waals surface area contributed by atoms with Crippen molar-refractivity contribution in [1.82, 2.24) is 0 Å². The van der Waals surface area contributed by atoms with Crippen LogP contribution in [0.5, 0.6) is 5.75 Å². The third-order valence-corrected chi connectivity index (χ3v) is 2.97. The fourth-order valence-corrected chi connectivity index (χ4v) is 1.84. The van der Waals surface area contributed by atoms with Crippen LogP contribution < -0.4 is 15.4 Å². The lowest BCUT2D eigenvalue weighted by Gasteiger charge is -2.16. The number of ether oxygens (including phenoxy) is 1. The molecule has 0 fully saturated rings. The molecule has 0 saturated heterocycles. The molecule has 0 aliphatic heterocycles. The van der Waals surface area contributed by atoms with E-state index in [0.29, 0.717) is 5.69 Å². The highest BCUT2D eigenvalue weighted by atomic mass is 19.1. The second-order valence-electron chi connectivity index (χ2n) is 4.57. The first kappa shape index (κ1) is 14.8. The quantitative estimate of drug-likeness (QED) is 0.887. The summed E-state index contributed by atoms with van der Waals surface area (Å²) in [6.45, 7) is 1.73. The van der Waals surface area contributed by atoms with E-state index >= 15 is 0 Å².